The highest BCUT2D eigenvalue weighted by atomic mass is 32.2. The maximum atomic E-state index is 4.63. The van der Waals surface area contributed by atoms with Crippen molar-refractivity contribution in [3.05, 3.63) is 35.3 Å². The highest BCUT2D eigenvalue weighted by Crippen LogP contribution is 2.35. The third-order valence-corrected chi connectivity index (χ3v) is 4.39. The van der Waals surface area contributed by atoms with E-state index in [0.29, 0.717) is 0 Å². The minimum Gasteiger partial charge on any atom is -0.241 e. The van der Waals surface area contributed by atoms with Gasteiger partial charge in [0.25, 0.3) is 0 Å². The second-order valence-corrected chi connectivity index (χ2v) is 5.79. The summed E-state index contributed by atoms with van der Waals surface area (Å²) in [7, 11) is 0. The van der Waals surface area contributed by atoms with Gasteiger partial charge in [0.2, 0.25) is 0 Å². The van der Waals surface area contributed by atoms with Crippen LogP contribution in [0, 0.1) is 6.92 Å². The Morgan fingerprint density at radius 3 is 2.69 bits per heavy atom. The van der Waals surface area contributed by atoms with Crippen molar-refractivity contribution in [2.24, 2.45) is 0 Å². The van der Waals surface area contributed by atoms with Crippen LogP contribution in [0.1, 0.15) is 5.01 Å². The summed E-state index contributed by atoms with van der Waals surface area (Å²) in [4.78, 5) is 5.97. The van der Waals surface area contributed by atoms with Crippen molar-refractivity contribution in [2.45, 2.75) is 11.8 Å². The van der Waals surface area contributed by atoms with Gasteiger partial charge < -0.3 is 0 Å². The van der Waals surface area contributed by atoms with E-state index in [1.807, 2.05) is 0 Å². The van der Waals surface area contributed by atoms with E-state index in [0.717, 1.165) is 10.5 Å². The molecule has 0 fully saturated rings. The van der Waals surface area contributed by atoms with E-state index in [1.54, 1.807) is 23.1 Å². The largest absolute Gasteiger partial charge is 0.241 e. The first-order valence-corrected chi connectivity index (χ1v) is 7.16. The highest BCUT2D eigenvalue weighted by Gasteiger charge is 2.08. The molecule has 1 heterocycles. The van der Waals surface area contributed by atoms with Gasteiger partial charge in [0.15, 0.2) is 0 Å². The minimum absolute atomic E-state index is 1.14. The van der Waals surface area contributed by atoms with E-state index in [4.69, 9.17) is 0 Å². The molecule has 0 aliphatic carbocycles. The Balaban J connectivity index is 2.56. The van der Waals surface area contributed by atoms with Gasteiger partial charge in [-0.3, -0.25) is 0 Å². The summed E-state index contributed by atoms with van der Waals surface area (Å²) in [6.45, 7) is 2.07. The predicted octanol–water partition coefficient (Wildman–Crippen LogP) is 4.48. The number of hydrogen-bond acceptors (Lipinski definition) is 3. The van der Waals surface area contributed by atoms with Crippen LogP contribution in [0.3, 0.4) is 0 Å². The number of rotatable bonds is 1. The summed E-state index contributed by atoms with van der Waals surface area (Å²) in [5.74, 6) is 0. The number of thioether (sulfide) groups is 1. The van der Waals surface area contributed by atoms with Crippen molar-refractivity contribution in [1.82, 2.24) is 4.98 Å². The molecule has 0 radical (unpaired) electrons. The van der Waals surface area contributed by atoms with Crippen LogP contribution in [-0.2, 0) is 0 Å². The van der Waals surface area contributed by atoms with Crippen molar-refractivity contribution in [1.29, 1.82) is 0 Å². The molecule has 2 aromatic carbocycles. The summed E-state index contributed by atoms with van der Waals surface area (Å²) in [6, 6.07) is 10.8. The van der Waals surface area contributed by atoms with Gasteiger partial charge in [0.05, 0.1) is 15.2 Å². The van der Waals surface area contributed by atoms with Crippen molar-refractivity contribution >= 4 is 44.1 Å². The lowest BCUT2D eigenvalue weighted by Gasteiger charge is -2.04. The molecular weight excluding hydrogens is 234 g/mol. The summed E-state index contributed by atoms with van der Waals surface area (Å²) in [5, 5.41) is 3.72. The van der Waals surface area contributed by atoms with Gasteiger partial charge in [-0.15, -0.1) is 23.1 Å². The molecule has 0 atom stereocenters. The molecule has 16 heavy (non-hydrogen) atoms. The summed E-state index contributed by atoms with van der Waals surface area (Å²) < 4.78 is 1.29. The molecule has 0 spiro atoms. The van der Waals surface area contributed by atoms with Gasteiger partial charge in [-0.2, -0.15) is 0 Å². The van der Waals surface area contributed by atoms with Crippen LogP contribution in [0.4, 0.5) is 0 Å². The molecule has 1 aromatic heterocycles. The Hall–Kier alpha value is -1.06. The van der Waals surface area contributed by atoms with Gasteiger partial charge in [0.1, 0.15) is 0 Å². The smallest absolute Gasteiger partial charge is 0.0908 e. The topological polar surface area (TPSA) is 12.9 Å². The fourth-order valence-electron chi connectivity index (χ4n) is 2.00. The number of aromatic nitrogens is 1. The van der Waals surface area contributed by atoms with Crippen LogP contribution >= 0.6 is 23.1 Å². The van der Waals surface area contributed by atoms with Crippen LogP contribution in [-0.4, -0.2) is 11.2 Å². The van der Waals surface area contributed by atoms with E-state index >= 15 is 0 Å². The van der Waals surface area contributed by atoms with E-state index < -0.39 is 0 Å². The fourth-order valence-corrected chi connectivity index (χ4v) is 3.60. The molecule has 0 aliphatic rings. The van der Waals surface area contributed by atoms with Crippen molar-refractivity contribution in [3.8, 4) is 0 Å². The first-order chi connectivity index (χ1) is 7.79. The molecule has 0 unspecified atom stereocenters. The molecule has 0 amide bonds. The van der Waals surface area contributed by atoms with Crippen LogP contribution in [0.15, 0.2) is 35.2 Å². The first kappa shape index (κ1) is 10.1. The van der Waals surface area contributed by atoms with Crippen LogP contribution in [0.5, 0.6) is 0 Å². The van der Waals surface area contributed by atoms with E-state index in [9.17, 15) is 0 Å². The maximum absolute atomic E-state index is 4.63. The maximum Gasteiger partial charge on any atom is 0.0908 e. The SMILES string of the molecule is CSc1cc2sc(C)nc2c2ccccc12. The van der Waals surface area contributed by atoms with Crippen LogP contribution in [0.2, 0.25) is 0 Å². The Kier molecular flexibility index (Phi) is 2.37. The van der Waals surface area contributed by atoms with Gasteiger partial charge in [-0.1, -0.05) is 24.3 Å². The third kappa shape index (κ3) is 1.43. The van der Waals surface area contributed by atoms with Crippen molar-refractivity contribution in [2.75, 3.05) is 6.26 Å². The zero-order valence-electron chi connectivity index (χ0n) is 9.15. The molecule has 0 N–H and O–H groups in total. The lowest BCUT2D eigenvalue weighted by Crippen LogP contribution is -1.79. The Bertz CT molecular complexity index is 670. The molecule has 1 nitrogen and oxygen atoms in total. The van der Waals surface area contributed by atoms with E-state index in [-0.39, 0.29) is 0 Å². The van der Waals surface area contributed by atoms with Crippen molar-refractivity contribution in [3.63, 3.8) is 0 Å². The number of benzene rings is 2. The Morgan fingerprint density at radius 1 is 1.19 bits per heavy atom. The monoisotopic (exact) mass is 245 g/mol. The minimum atomic E-state index is 1.14. The standard InChI is InChI=1S/C13H11NS2/c1-8-14-13-10-6-4-3-5-9(10)11(15-2)7-12(13)16-8/h3-7H,1-2H3. The molecule has 3 heteroatoms. The summed E-state index contributed by atoms with van der Waals surface area (Å²) in [6.07, 6.45) is 2.13. The van der Waals surface area contributed by atoms with Gasteiger partial charge in [0, 0.05) is 10.3 Å². The zero-order chi connectivity index (χ0) is 11.1. The lowest BCUT2D eigenvalue weighted by atomic mass is 10.1. The second-order valence-electron chi connectivity index (χ2n) is 3.70. The van der Waals surface area contributed by atoms with E-state index in [1.165, 1.54) is 20.4 Å². The van der Waals surface area contributed by atoms with Gasteiger partial charge in [-0.25, -0.2) is 4.98 Å². The quantitative estimate of drug-likeness (QED) is 0.586. The third-order valence-electron chi connectivity index (χ3n) is 2.69. The average Bonchev–Trinajstić information content (AvgIpc) is 2.68. The second kappa shape index (κ2) is 3.75. The predicted molar refractivity (Wildman–Crippen MR) is 73.6 cm³/mol. The Morgan fingerprint density at radius 2 is 1.94 bits per heavy atom. The van der Waals surface area contributed by atoms with Crippen molar-refractivity contribution < 1.29 is 0 Å². The molecule has 0 aliphatic heterocycles. The number of nitrogens with zero attached hydrogens (tertiary/aromatic N) is 1. The molecule has 80 valence electrons. The van der Waals surface area contributed by atoms with Crippen LogP contribution in [0.25, 0.3) is 21.0 Å². The molecule has 0 saturated carbocycles. The zero-order valence-corrected chi connectivity index (χ0v) is 10.8. The normalized spacial score (nSPS) is 11.4. The molecule has 0 saturated heterocycles. The molecule has 3 aromatic rings. The van der Waals surface area contributed by atoms with Crippen LogP contribution < -0.4 is 0 Å². The number of fused-ring (bicyclic) bond motifs is 3. The van der Waals surface area contributed by atoms with E-state index in [2.05, 4.69) is 48.5 Å². The Labute approximate surface area is 103 Å². The summed E-state index contributed by atoms with van der Waals surface area (Å²) in [5.41, 5.74) is 1.15. The van der Waals surface area contributed by atoms with Gasteiger partial charge >= 0.3 is 0 Å². The van der Waals surface area contributed by atoms with Gasteiger partial charge in [-0.05, 0) is 24.6 Å². The summed E-state index contributed by atoms with van der Waals surface area (Å²) >= 11 is 3.57. The number of aryl methyl sites for hydroxylation is 1. The number of hydrogen-bond donors (Lipinski definition) is 0. The average molecular weight is 245 g/mol. The number of thiazole rings is 1. The molecular formula is C13H11NS2. The lowest BCUT2D eigenvalue weighted by molar-refractivity contribution is 1.35. The fraction of sp³-hybridized carbons (Fsp3) is 0.154. The highest BCUT2D eigenvalue weighted by molar-refractivity contribution is 7.98. The molecule has 0 bridgehead atoms. The molecule has 3 rings (SSSR count). The first-order valence-electron chi connectivity index (χ1n) is 5.12.